The van der Waals surface area contributed by atoms with E-state index >= 15 is 0 Å². The van der Waals surface area contributed by atoms with Gasteiger partial charge in [0.1, 0.15) is 5.60 Å². The summed E-state index contributed by atoms with van der Waals surface area (Å²) in [7, 11) is 0. The zero-order chi connectivity index (χ0) is 15.2. The molecule has 112 valence electrons. The third-order valence-corrected chi connectivity index (χ3v) is 2.76. The van der Waals surface area contributed by atoms with Gasteiger partial charge in [0.25, 0.3) is 0 Å². The number of benzene rings is 1. The van der Waals surface area contributed by atoms with Crippen molar-refractivity contribution in [3.05, 3.63) is 23.8 Å². The van der Waals surface area contributed by atoms with Crippen LogP contribution in [0.5, 0.6) is 11.5 Å². The van der Waals surface area contributed by atoms with Crippen LogP contribution in [0.1, 0.15) is 58.9 Å². The van der Waals surface area contributed by atoms with Crippen LogP contribution in [0.4, 0.5) is 0 Å². The van der Waals surface area contributed by atoms with Crippen molar-refractivity contribution in [3.63, 3.8) is 0 Å². The van der Waals surface area contributed by atoms with Gasteiger partial charge in [-0.3, -0.25) is 0 Å². The molecule has 0 bridgehead atoms. The first-order chi connectivity index (χ1) is 9.33. The molecule has 0 atom stereocenters. The number of phenolic OH excluding ortho intramolecular Hbond substituents is 2. The molecule has 2 N–H and O–H groups in total. The van der Waals surface area contributed by atoms with E-state index in [-0.39, 0.29) is 17.1 Å². The average Bonchev–Trinajstić information content (AvgIpc) is 2.36. The largest absolute Gasteiger partial charge is 0.504 e. The van der Waals surface area contributed by atoms with Gasteiger partial charge in [0.2, 0.25) is 0 Å². The molecule has 0 unspecified atom stereocenters. The number of hydrogen-bond donors (Lipinski definition) is 2. The minimum Gasteiger partial charge on any atom is -0.504 e. The van der Waals surface area contributed by atoms with Crippen LogP contribution in [-0.4, -0.2) is 21.5 Å². The lowest BCUT2D eigenvalue weighted by atomic mass is 10.0. The summed E-state index contributed by atoms with van der Waals surface area (Å²) in [4.78, 5) is 5.49. The zero-order valence-corrected chi connectivity index (χ0v) is 12.8. The molecule has 0 saturated carbocycles. The predicted molar refractivity (Wildman–Crippen MR) is 81.3 cm³/mol. The van der Waals surface area contributed by atoms with E-state index in [1.807, 2.05) is 20.8 Å². The van der Waals surface area contributed by atoms with Crippen molar-refractivity contribution in [1.29, 1.82) is 0 Å². The van der Waals surface area contributed by atoms with E-state index in [0.29, 0.717) is 0 Å². The molecule has 1 aromatic rings. The highest BCUT2D eigenvalue weighted by atomic mass is 16.6. The quantitative estimate of drug-likeness (QED) is 0.355. The van der Waals surface area contributed by atoms with Gasteiger partial charge in [-0.15, -0.1) is 0 Å². The molecule has 0 fully saturated rings. The summed E-state index contributed by atoms with van der Waals surface area (Å²) in [5, 5.41) is 23.2. The van der Waals surface area contributed by atoms with Crippen LogP contribution in [0.2, 0.25) is 0 Å². The first-order valence-electron chi connectivity index (χ1n) is 7.11. The summed E-state index contributed by atoms with van der Waals surface area (Å²) in [6.07, 6.45) is 4.06. The van der Waals surface area contributed by atoms with E-state index in [1.54, 1.807) is 6.07 Å². The minimum atomic E-state index is -0.352. The molecule has 1 rings (SSSR count). The lowest BCUT2D eigenvalue weighted by Crippen LogP contribution is -2.17. The van der Waals surface area contributed by atoms with Crippen molar-refractivity contribution in [1.82, 2.24) is 0 Å². The fraction of sp³-hybridized carbons (Fsp3) is 0.562. The van der Waals surface area contributed by atoms with Crippen molar-refractivity contribution >= 4 is 5.71 Å². The Hall–Kier alpha value is -1.71. The fourth-order valence-corrected chi connectivity index (χ4v) is 1.68. The van der Waals surface area contributed by atoms with Gasteiger partial charge >= 0.3 is 0 Å². The average molecular weight is 279 g/mol. The smallest absolute Gasteiger partial charge is 0.158 e. The van der Waals surface area contributed by atoms with E-state index in [4.69, 9.17) is 4.84 Å². The van der Waals surface area contributed by atoms with E-state index < -0.39 is 0 Å². The van der Waals surface area contributed by atoms with Crippen molar-refractivity contribution < 1.29 is 15.1 Å². The lowest BCUT2D eigenvalue weighted by Gasteiger charge is -2.17. The molecule has 0 heterocycles. The topological polar surface area (TPSA) is 62.0 Å². The second-order valence-electron chi connectivity index (χ2n) is 5.90. The van der Waals surface area contributed by atoms with Crippen molar-refractivity contribution in [2.24, 2.45) is 5.16 Å². The molecule has 4 heteroatoms. The van der Waals surface area contributed by atoms with Gasteiger partial charge in [-0.05, 0) is 51.8 Å². The van der Waals surface area contributed by atoms with Crippen LogP contribution in [0.3, 0.4) is 0 Å². The maximum absolute atomic E-state index is 9.60. The standard InChI is InChI=1S/C16H25NO3/c1-5-6-7-8-13(17-20-16(2,3)4)12-9-10-14(18)15(19)11-12/h9-11,18-19H,5-8H2,1-4H3/b17-13-. The minimum absolute atomic E-state index is 0.126. The normalized spacial score (nSPS) is 12.5. The molecule has 0 aliphatic rings. The molecule has 0 aliphatic heterocycles. The Kier molecular flexibility index (Phi) is 5.86. The van der Waals surface area contributed by atoms with Gasteiger partial charge < -0.3 is 15.1 Å². The summed E-state index contributed by atoms with van der Waals surface area (Å²) in [6.45, 7) is 7.96. The molecule has 20 heavy (non-hydrogen) atoms. The fourth-order valence-electron chi connectivity index (χ4n) is 1.68. The Morgan fingerprint density at radius 1 is 1.15 bits per heavy atom. The molecular formula is C16H25NO3. The zero-order valence-electron chi connectivity index (χ0n) is 12.8. The molecule has 0 aromatic heterocycles. The number of oxime groups is 1. The molecule has 0 radical (unpaired) electrons. The van der Waals surface area contributed by atoms with Gasteiger partial charge in [-0.25, -0.2) is 0 Å². The maximum Gasteiger partial charge on any atom is 0.158 e. The summed E-state index contributed by atoms with van der Waals surface area (Å²) in [5.41, 5.74) is 1.22. The monoisotopic (exact) mass is 279 g/mol. The van der Waals surface area contributed by atoms with Crippen LogP contribution in [-0.2, 0) is 4.84 Å². The summed E-state index contributed by atoms with van der Waals surface area (Å²) < 4.78 is 0. The van der Waals surface area contributed by atoms with Crippen LogP contribution < -0.4 is 0 Å². The number of rotatable bonds is 6. The van der Waals surface area contributed by atoms with Crippen LogP contribution >= 0.6 is 0 Å². The Morgan fingerprint density at radius 2 is 1.85 bits per heavy atom. The van der Waals surface area contributed by atoms with Gasteiger partial charge in [0.15, 0.2) is 11.5 Å². The van der Waals surface area contributed by atoms with Crippen LogP contribution in [0.15, 0.2) is 23.4 Å². The number of hydrogen-bond acceptors (Lipinski definition) is 4. The summed E-state index contributed by atoms with van der Waals surface area (Å²) in [6, 6.07) is 4.73. The number of phenols is 2. The first-order valence-corrected chi connectivity index (χ1v) is 7.11. The molecule has 0 spiro atoms. The Labute approximate surface area is 121 Å². The second-order valence-corrected chi connectivity index (χ2v) is 5.90. The molecular weight excluding hydrogens is 254 g/mol. The SMILES string of the molecule is CCCCC/C(=N/OC(C)(C)C)c1ccc(O)c(O)c1. The van der Waals surface area contributed by atoms with Crippen LogP contribution in [0.25, 0.3) is 0 Å². The van der Waals surface area contributed by atoms with Crippen LogP contribution in [0, 0.1) is 0 Å². The van der Waals surface area contributed by atoms with E-state index in [0.717, 1.165) is 37.0 Å². The number of nitrogens with zero attached hydrogens (tertiary/aromatic N) is 1. The molecule has 1 aromatic carbocycles. The highest BCUT2D eigenvalue weighted by molar-refractivity contribution is 6.00. The Balaban J connectivity index is 2.93. The van der Waals surface area contributed by atoms with Crippen molar-refractivity contribution in [3.8, 4) is 11.5 Å². The number of aromatic hydroxyl groups is 2. The molecule has 0 aliphatic carbocycles. The molecule has 0 saturated heterocycles. The van der Waals surface area contributed by atoms with E-state index in [9.17, 15) is 10.2 Å². The Morgan fingerprint density at radius 3 is 2.40 bits per heavy atom. The molecule has 0 amide bonds. The lowest BCUT2D eigenvalue weighted by molar-refractivity contribution is 0.000675. The highest BCUT2D eigenvalue weighted by Crippen LogP contribution is 2.26. The maximum atomic E-state index is 9.60. The second kappa shape index (κ2) is 7.17. The number of unbranched alkanes of at least 4 members (excludes halogenated alkanes) is 2. The molecule has 4 nitrogen and oxygen atoms in total. The van der Waals surface area contributed by atoms with E-state index in [1.165, 1.54) is 12.1 Å². The summed E-state index contributed by atoms with van der Waals surface area (Å²) in [5.74, 6) is -0.264. The third-order valence-electron chi connectivity index (χ3n) is 2.76. The summed E-state index contributed by atoms with van der Waals surface area (Å²) >= 11 is 0. The van der Waals surface area contributed by atoms with Crippen molar-refractivity contribution in [2.45, 2.75) is 59.0 Å². The predicted octanol–water partition coefficient (Wildman–Crippen LogP) is 4.20. The van der Waals surface area contributed by atoms with Crippen molar-refractivity contribution in [2.75, 3.05) is 0 Å². The third kappa shape index (κ3) is 5.51. The van der Waals surface area contributed by atoms with Gasteiger partial charge in [-0.1, -0.05) is 24.9 Å². The van der Waals surface area contributed by atoms with E-state index in [2.05, 4.69) is 12.1 Å². The highest BCUT2D eigenvalue weighted by Gasteiger charge is 2.13. The Bertz CT molecular complexity index is 461. The van der Waals surface area contributed by atoms with Gasteiger partial charge in [0.05, 0.1) is 5.71 Å². The first kappa shape index (κ1) is 16.3. The van der Waals surface area contributed by atoms with Gasteiger partial charge in [-0.2, -0.15) is 0 Å². The van der Waals surface area contributed by atoms with Gasteiger partial charge in [0, 0.05) is 5.56 Å².